The molecule has 0 aliphatic carbocycles. The number of ether oxygens (including phenoxy) is 1. The molecule has 1 heterocycles. The van der Waals surface area contributed by atoms with Gasteiger partial charge >= 0.3 is 0 Å². The summed E-state index contributed by atoms with van der Waals surface area (Å²) in [5.41, 5.74) is 8.14. The van der Waals surface area contributed by atoms with Crippen molar-refractivity contribution in [2.75, 3.05) is 32.1 Å². The predicted molar refractivity (Wildman–Crippen MR) is 100 cm³/mol. The van der Waals surface area contributed by atoms with Crippen molar-refractivity contribution in [3.63, 3.8) is 0 Å². The number of anilines is 1. The summed E-state index contributed by atoms with van der Waals surface area (Å²) in [6.07, 6.45) is 0. The molecule has 2 atom stereocenters. The lowest BCUT2D eigenvalue weighted by Gasteiger charge is -2.18. The van der Waals surface area contributed by atoms with E-state index in [-0.39, 0.29) is 24.4 Å². The Morgan fingerprint density at radius 3 is 2.76 bits per heavy atom. The summed E-state index contributed by atoms with van der Waals surface area (Å²) in [6.45, 7) is 1.37. The van der Waals surface area contributed by atoms with E-state index in [0.29, 0.717) is 29.5 Å². The molecule has 3 rings (SSSR count). The van der Waals surface area contributed by atoms with Gasteiger partial charge in [-0.3, -0.25) is 4.79 Å². The molecular formula is C19H22ClN3O2. The number of halogens is 1. The summed E-state index contributed by atoms with van der Waals surface area (Å²) in [4.78, 5) is 14.4. The third-order valence-corrected chi connectivity index (χ3v) is 4.77. The van der Waals surface area contributed by atoms with Gasteiger partial charge in [0.15, 0.2) is 0 Å². The van der Waals surface area contributed by atoms with Crippen LogP contribution in [-0.4, -0.2) is 43.6 Å². The Labute approximate surface area is 152 Å². The first-order chi connectivity index (χ1) is 12.1. The molecule has 0 bridgehead atoms. The van der Waals surface area contributed by atoms with E-state index in [0.717, 1.165) is 0 Å². The molecule has 0 spiro atoms. The Morgan fingerprint density at radius 1 is 1.28 bits per heavy atom. The molecule has 3 N–H and O–H groups in total. The summed E-state index contributed by atoms with van der Waals surface area (Å²) in [7, 11) is 1.58. The minimum Gasteiger partial charge on any atom is -0.495 e. The molecule has 2 aromatic rings. The molecule has 0 unspecified atom stereocenters. The highest BCUT2D eigenvalue weighted by Crippen LogP contribution is 2.28. The number of amides is 1. The normalized spacial score (nSPS) is 19.7. The van der Waals surface area contributed by atoms with Crippen LogP contribution >= 0.6 is 11.6 Å². The molecule has 1 aliphatic heterocycles. The summed E-state index contributed by atoms with van der Waals surface area (Å²) >= 11 is 6.01. The van der Waals surface area contributed by atoms with Crippen molar-refractivity contribution < 1.29 is 9.53 Å². The monoisotopic (exact) mass is 359 g/mol. The smallest absolute Gasteiger partial charge is 0.241 e. The van der Waals surface area contributed by atoms with E-state index in [2.05, 4.69) is 17.4 Å². The second-order valence-electron chi connectivity index (χ2n) is 6.18. The van der Waals surface area contributed by atoms with Crippen LogP contribution in [-0.2, 0) is 4.79 Å². The van der Waals surface area contributed by atoms with E-state index >= 15 is 0 Å². The zero-order valence-electron chi connectivity index (χ0n) is 14.1. The van der Waals surface area contributed by atoms with Crippen LogP contribution in [0, 0.1) is 0 Å². The van der Waals surface area contributed by atoms with Gasteiger partial charge in [0, 0.05) is 30.1 Å². The van der Waals surface area contributed by atoms with Crippen molar-refractivity contribution in [1.29, 1.82) is 0 Å². The average molecular weight is 360 g/mol. The SMILES string of the molecule is COc1ccc(Cl)cc1NCC(=O)N1C[C@@H](N)[C@H](c2ccccc2)C1. The molecule has 1 saturated heterocycles. The first kappa shape index (κ1) is 17.6. The number of benzene rings is 2. The fourth-order valence-electron chi connectivity index (χ4n) is 3.19. The fourth-order valence-corrected chi connectivity index (χ4v) is 3.36. The van der Waals surface area contributed by atoms with Crippen LogP contribution in [0.4, 0.5) is 5.69 Å². The summed E-state index contributed by atoms with van der Waals surface area (Å²) in [5.74, 6) is 0.833. The summed E-state index contributed by atoms with van der Waals surface area (Å²) < 4.78 is 5.28. The molecular weight excluding hydrogens is 338 g/mol. The highest BCUT2D eigenvalue weighted by atomic mass is 35.5. The topological polar surface area (TPSA) is 67.6 Å². The number of nitrogens with one attached hydrogen (secondary N) is 1. The average Bonchev–Trinajstić information content (AvgIpc) is 3.02. The molecule has 0 radical (unpaired) electrons. The number of likely N-dealkylation sites (tertiary alicyclic amines) is 1. The summed E-state index contributed by atoms with van der Waals surface area (Å²) in [6, 6.07) is 15.3. The maximum absolute atomic E-state index is 12.6. The van der Waals surface area contributed by atoms with Gasteiger partial charge < -0.3 is 20.7 Å². The third-order valence-electron chi connectivity index (χ3n) is 4.54. The van der Waals surface area contributed by atoms with Crippen LogP contribution in [0.1, 0.15) is 11.5 Å². The maximum Gasteiger partial charge on any atom is 0.241 e. The molecule has 1 amide bonds. The highest BCUT2D eigenvalue weighted by Gasteiger charge is 2.33. The molecule has 2 aromatic carbocycles. The Bertz CT molecular complexity index is 739. The molecule has 0 saturated carbocycles. The molecule has 6 heteroatoms. The van der Waals surface area contributed by atoms with E-state index in [1.54, 1.807) is 25.3 Å². The maximum atomic E-state index is 12.6. The van der Waals surface area contributed by atoms with Gasteiger partial charge in [0.2, 0.25) is 5.91 Å². The van der Waals surface area contributed by atoms with Gasteiger partial charge in [-0.05, 0) is 23.8 Å². The number of nitrogens with zero attached hydrogens (tertiary/aromatic N) is 1. The van der Waals surface area contributed by atoms with Crippen LogP contribution in [0.15, 0.2) is 48.5 Å². The van der Waals surface area contributed by atoms with Gasteiger partial charge in [0.25, 0.3) is 0 Å². The Balaban J connectivity index is 1.62. The van der Waals surface area contributed by atoms with Gasteiger partial charge in [-0.2, -0.15) is 0 Å². The van der Waals surface area contributed by atoms with Crippen LogP contribution in [0.25, 0.3) is 0 Å². The first-order valence-electron chi connectivity index (χ1n) is 8.24. The van der Waals surface area contributed by atoms with E-state index in [1.807, 2.05) is 23.1 Å². The largest absolute Gasteiger partial charge is 0.495 e. The van der Waals surface area contributed by atoms with Crippen molar-refractivity contribution in [3.05, 3.63) is 59.1 Å². The lowest BCUT2D eigenvalue weighted by atomic mass is 9.95. The molecule has 5 nitrogen and oxygen atoms in total. The van der Waals surface area contributed by atoms with Crippen molar-refractivity contribution >= 4 is 23.2 Å². The van der Waals surface area contributed by atoms with E-state index in [1.165, 1.54) is 5.56 Å². The number of methoxy groups -OCH3 is 1. The number of rotatable bonds is 5. The Morgan fingerprint density at radius 2 is 2.04 bits per heavy atom. The van der Waals surface area contributed by atoms with Crippen molar-refractivity contribution in [2.45, 2.75) is 12.0 Å². The number of carbonyl (C=O) groups excluding carboxylic acids is 1. The minimum atomic E-state index is -0.0490. The second-order valence-corrected chi connectivity index (χ2v) is 6.61. The lowest BCUT2D eigenvalue weighted by molar-refractivity contribution is -0.128. The molecule has 1 fully saturated rings. The second kappa shape index (κ2) is 7.76. The number of nitrogens with two attached hydrogens (primary N) is 1. The van der Waals surface area contributed by atoms with E-state index in [9.17, 15) is 4.79 Å². The van der Waals surface area contributed by atoms with Gasteiger partial charge in [-0.25, -0.2) is 0 Å². The van der Waals surface area contributed by atoms with Crippen LogP contribution in [0.2, 0.25) is 5.02 Å². The van der Waals surface area contributed by atoms with Gasteiger partial charge in [0.1, 0.15) is 5.75 Å². The van der Waals surface area contributed by atoms with Gasteiger partial charge in [0.05, 0.1) is 19.3 Å². The summed E-state index contributed by atoms with van der Waals surface area (Å²) in [5, 5.41) is 3.70. The number of carbonyl (C=O) groups is 1. The minimum absolute atomic E-state index is 0.0101. The fraction of sp³-hybridized carbons (Fsp3) is 0.316. The van der Waals surface area contributed by atoms with Crippen LogP contribution < -0.4 is 15.8 Å². The van der Waals surface area contributed by atoms with Crippen molar-refractivity contribution in [1.82, 2.24) is 4.90 Å². The van der Waals surface area contributed by atoms with Gasteiger partial charge in [-0.15, -0.1) is 0 Å². The zero-order chi connectivity index (χ0) is 17.8. The standard InChI is InChI=1S/C19H22ClN3O2/c1-25-18-8-7-14(20)9-17(18)22-10-19(24)23-11-15(16(21)12-23)13-5-3-2-4-6-13/h2-9,15-16,22H,10-12,21H2,1H3/t15-,16+/m0/s1. The molecule has 1 aliphatic rings. The highest BCUT2D eigenvalue weighted by molar-refractivity contribution is 6.30. The van der Waals surface area contributed by atoms with Crippen molar-refractivity contribution in [3.8, 4) is 5.75 Å². The number of hydrogen-bond donors (Lipinski definition) is 2. The van der Waals surface area contributed by atoms with E-state index in [4.69, 9.17) is 22.1 Å². The van der Waals surface area contributed by atoms with Crippen LogP contribution in [0.3, 0.4) is 0 Å². The lowest BCUT2D eigenvalue weighted by Crippen LogP contribution is -2.35. The van der Waals surface area contributed by atoms with Crippen LogP contribution in [0.5, 0.6) is 5.75 Å². The number of hydrogen-bond acceptors (Lipinski definition) is 4. The Kier molecular flexibility index (Phi) is 5.46. The zero-order valence-corrected chi connectivity index (χ0v) is 14.9. The third kappa shape index (κ3) is 4.06. The molecule has 132 valence electrons. The van der Waals surface area contributed by atoms with E-state index < -0.39 is 0 Å². The predicted octanol–water partition coefficient (Wildman–Crippen LogP) is 2.71. The molecule has 25 heavy (non-hydrogen) atoms. The van der Waals surface area contributed by atoms with Gasteiger partial charge in [-0.1, -0.05) is 41.9 Å². The quantitative estimate of drug-likeness (QED) is 0.861. The molecule has 0 aromatic heterocycles. The van der Waals surface area contributed by atoms with Crippen molar-refractivity contribution in [2.24, 2.45) is 5.73 Å². The first-order valence-corrected chi connectivity index (χ1v) is 8.62. The Hall–Kier alpha value is -2.24.